The molecule has 0 bridgehead atoms. The fraction of sp³-hybridized carbons (Fsp3) is 0.733. The lowest BCUT2D eigenvalue weighted by atomic mass is 9.96. The summed E-state index contributed by atoms with van der Waals surface area (Å²) in [6.07, 6.45) is 3.28. The van der Waals surface area contributed by atoms with Crippen LogP contribution in [0.25, 0.3) is 0 Å². The van der Waals surface area contributed by atoms with E-state index in [1.54, 1.807) is 11.8 Å². The van der Waals surface area contributed by atoms with Gasteiger partial charge in [-0.05, 0) is 23.8 Å². The molecule has 2 heterocycles. The van der Waals surface area contributed by atoms with Gasteiger partial charge in [0.1, 0.15) is 6.10 Å². The summed E-state index contributed by atoms with van der Waals surface area (Å²) in [7, 11) is 0. The Balaban J connectivity index is 1.68. The number of allylic oxidation sites excluding steroid dienone is 1. The first kappa shape index (κ1) is 18.9. The second kappa shape index (κ2) is 8.57. The number of fused-ring (bicyclic) bond motifs is 1. The molecule has 0 aromatic carbocycles. The highest BCUT2D eigenvalue weighted by Gasteiger charge is 2.35. The van der Waals surface area contributed by atoms with Crippen LogP contribution in [0.4, 0.5) is 4.79 Å². The van der Waals surface area contributed by atoms with Crippen molar-refractivity contribution >= 4 is 46.4 Å². The third kappa shape index (κ3) is 5.53. The number of alkyl carbamates (subject to hydrolysis) is 1. The van der Waals surface area contributed by atoms with Gasteiger partial charge in [0.2, 0.25) is 0 Å². The topological polar surface area (TPSA) is 84.9 Å². The number of aliphatic hydroxyl groups is 1. The summed E-state index contributed by atoms with van der Waals surface area (Å²) in [5, 5.41) is 12.1. The van der Waals surface area contributed by atoms with Crippen molar-refractivity contribution in [1.29, 1.82) is 0 Å². The number of carbonyl (C=O) groups excluding carboxylic acids is 2. The number of alkyl halides is 1. The zero-order valence-electron chi connectivity index (χ0n) is 13.0. The Kier molecular flexibility index (Phi) is 7.02. The highest BCUT2D eigenvalue weighted by Crippen LogP contribution is 2.31. The van der Waals surface area contributed by atoms with Gasteiger partial charge in [0.25, 0.3) is 0 Å². The summed E-state index contributed by atoms with van der Waals surface area (Å²) in [6, 6.07) is 0.0608. The quantitative estimate of drug-likeness (QED) is 0.332. The van der Waals surface area contributed by atoms with Crippen molar-refractivity contribution in [1.82, 2.24) is 5.32 Å². The van der Waals surface area contributed by atoms with Gasteiger partial charge < -0.3 is 19.9 Å². The Morgan fingerprint density at radius 1 is 1.65 bits per heavy atom. The molecular weight excluding hydrogens is 433 g/mol. The van der Waals surface area contributed by atoms with E-state index in [2.05, 4.69) is 27.9 Å². The predicted octanol–water partition coefficient (Wildman–Crippen LogP) is 2.24. The Morgan fingerprint density at radius 3 is 3.13 bits per heavy atom. The average Bonchev–Trinajstić information content (AvgIpc) is 2.92. The molecule has 1 fully saturated rings. The molecule has 23 heavy (non-hydrogen) atoms. The predicted molar refractivity (Wildman–Crippen MR) is 96.6 cm³/mol. The molecule has 2 N–H and O–H groups in total. The van der Waals surface area contributed by atoms with Crippen molar-refractivity contribution in [3.05, 3.63) is 11.0 Å². The molecule has 3 atom stereocenters. The smallest absolute Gasteiger partial charge is 0.408 e. The number of thioether (sulfide) groups is 1. The van der Waals surface area contributed by atoms with Crippen molar-refractivity contribution in [3.8, 4) is 0 Å². The lowest BCUT2D eigenvalue weighted by Crippen LogP contribution is -2.34. The second-order valence-electron chi connectivity index (χ2n) is 6.18. The van der Waals surface area contributed by atoms with Crippen LogP contribution >= 0.6 is 34.4 Å². The first-order valence-corrected chi connectivity index (χ1v) is 10.1. The zero-order valence-corrected chi connectivity index (χ0v) is 16.0. The van der Waals surface area contributed by atoms with Crippen molar-refractivity contribution in [2.45, 2.75) is 38.3 Å². The van der Waals surface area contributed by atoms with E-state index in [1.807, 2.05) is 13.0 Å². The van der Waals surface area contributed by atoms with Crippen LogP contribution in [0, 0.1) is 5.41 Å². The molecule has 0 spiro atoms. The minimum absolute atomic E-state index is 0.00204. The number of hydrogen-bond donors (Lipinski definition) is 2. The van der Waals surface area contributed by atoms with Gasteiger partial charge in [0.05, 0.1) is 19.3 Å². The molecule has 1 saturated heterocycles. The molecule has 130 valence electrons. The summed E-state index contributed by atoms with van der Waals surface area (Å²) in [5.41, 5.74) is -0.369. The van der Waals surface area contributed by atoms with Crippen LogP contribution in [0.2, 0.25) is 0 Å². The molecule has 1 amide bonds. The van der Waals surface area contributed by atoms with Crippen molar-refractivity contribution in [2.75, 3.05) is 23.4 Å². The Labute approximate surface area is 153 Å². The van der Waals surface area contributed by atoms with Crippen molar-refractivity contribution in [2.24, 2.45) is 5.41 Å². The minimum Gasteiger partial charge on any atom is -0.465 e. The largest absolute Gasteiger partial charge is 0.465 e. The minimum atomic E-state index is -0.369. The van der Waals surface area contributed by atoms with E-state index in [0.717, 1.165) is 21.5 Å². The SMILES string of the molecule is CC(CO)(CI)COC(=O)CCCC1=C[C@H]2OC(=O)NC2CS1. The second-order valence-corrected chi connectivity index (χ2v) is 8.09. The van der Waals surface area contributed by atoms with Crippen LogP contribution in [0.3, 0.4) is 0 Å². The highest BCUT2D eigenvalue weighted by molar-refractivity contribution is 14.1. The van der Waals surface area contributed by atoms with Gasteiger partial charge in [-0.15, -0.1) is 11.8 Å². The third-order valence-corrected chi connectivity index (χ3v) is 6.91. The molecule has 2 rings (SSSR count). The van der Waals surface area contributed by atoms with E-state index < -0.39 is 0 Å². The Hall–Kier alpha value is -0.480. The van der Waals surface area contributed by atoms with E-state index in [-0.39, 0.29) is 42.8 Å². The molecule has 0 aliphatic carbocycles. The number of ether oxygens (including phenoxy) is 2. The molecule has 0 aromatic heterocycles. The number of carbonyl (C=O) groups is 2. The summed E-state index contributed by atoms with van der Waals surface area (Å²) in [4.78, 5) is 24.1. The number of aliphatic hydroxyl groups excluding tert-OH is 1. The van der Waals surface area contributed by atoms with Crippen LogP contribution in [0.1, 0.15) is 26.2 Å². The monoisotopic (exact) mass is 455 g/mol. The number of hydrogen-bond acceptors (Lipinski definition) is 6. The van der Waals surface area contributed by atoms with Crippen molar-refractivity contribution in [3.63, 3.8) is 0 Å². The average molecular weight is 455 g/mol. The van der Waals surface area contributed by atoms with Gasteiger partial charge in [-0.25, -0.2) is 4.79 Å². The van der Waals surface area contributed by atoms with Crippen LogP contribution in [-0.4, -0.2) is 52.7 Å². The van der Waals surface area contributed by atoms with Crippen LogP contribution in [0.5, 0.6) is 0 Å². The number of rotatable bonds is 8. The maximum atomic E-state index is 11.8. The molecule has 0 aromatic rings. The summed E-state index contributed by atoms with van der Waals surface area (Å²) in [5.74, 6) is 0.569. The van der Waals surface area contributed by atoms with Gasteiger partial charge in [-0.2, -0.15) is 0 Å². The number of esters is 1. The normalized spacial score (nSPS) is 25.7. The van der Waals surface area contributed by atoms with Gasteiger partial charge in [0, 0.05) is 22.0 Å². The molecule has 8 heteroatoms. The fourth-order valence-corrected chi connectivity index (χ4v) is 3.85. The summed E-state index contributed by atoms with van der Waals surface area (Å²) in [6.45, 7) is 2.14. The summed E-state index contributed by atoms with van der Waals surface area (Å²) >= 11 is 3.88. The van der Waals surface area contributed by atoms with Gasteiger partial charge in [-0.1, -0.05) is 29.5 Å². The zero-order chi connectivity index (χ0) is 16.9. The molecule has 0 saturated carbocycles. The highest BCUT2D eigenvalue weighted by atomic mass is 127. The van der Waals surface area contributed by atoms with Gasteiger partial charge in [-0.3, -0.25) is 4.79 Å². The summed E-state index contributed by atoms with van der Waals surface area (Å²) < 4.78 is 11.1. The number of amides is 1. The molecule has 6 nitrogen and oxygen atoms in total. The third-order valence-electron chi connectivity index (χ3n) is 3.83. The first-order valence-electron chi connectivity index (χ1n) is 7.59. The number of nitrogens with one attached hydrogen (secondary N) is 1. The number of halogens is 1. The molecule has 2 aliphatic heterocycles. The Morgan fingerprint density at radius 2 is 2.43 bits per heavy atom. The maximum absolute atomic E-state index is 11.8. The molecule has 2 aliphatic rings. The maximum Gasteiger partial charge on any atom is 0.408 e. The molecule has 0 radical (unpaired) electrons. The lowest BCUT2D eigenvalue weighted by molar-refractivity contribution is -0.147. The van der Waals surface area contributed by atoms with E-state index in [4.69, 9.17) is 9.47 Å². The van der Waals surface area contributed by atoms with Crippen LogP contribution in [0.15, 0.2) is 11.0 Å². The standard InChI is InChI=1S/C15H22INO5S/c1-15(7-16,8-18)9-21-13(19)4-2-3-10-5-12-11(6-23-10)17-14(20)22-12/h5,11-12,18H,2-4,6-9H2,1H3,(H,17,20)/t11?,12-,15?/m1/s1. The van der Waals surface area contributed by atoms with E-state index in [9.17, 15) is 14.7 Å². The van der Waals surface area contributed by atoms with E-state index in [1.165, 1.54) is 0 Å². The van der Waals surface area contributed by atoms with E-state index in [0.29, 0.717) is 12.8 Å². The Bertz CT molecular complexity index is 480. The van der Waals surface area contributed by atoms with Crippen LogP contribution in [-0.2, 0) is 14.3 Å². The van der Waals surface area contributed by atoms with Crippen molar-refractivity contribution < 1.29 is 24.2 Å². The molecule has 2 unspecified atom stereocenters. The molecular formula is C15H22INO5S. The van der Waals surface area contributed by atoms with E-state index >= 15 is 0 Å². The van der Waals surface area contributed by atoms with Gasteiger partial charge >= 0.3 is 12.1 Å². The van der Waals surface area contributed by atoms with Crippen LogP contribution < -0.4 is 5.32 Å². The van der Waals surface area contributed by atoms with Gasteiger partial charge in [0.15, 0.2) is 0 Å². The lowest BCUT2D eigenvalue weighted by Gasteiger charge is -2.24. The fourth-order valence-electron chi connectivity index (χ4n) is 2.20. The first-order chi connectivity index (χ1) is 11.0.